The fourth-order valence-electron chi connectivity index (χ4n) is 7.44. The molecule has 4 aliphatic rings. The average Bonchev–Trinajstić information content (AvgIpc) is 3.79. The molecule has 0 bridgehead atoms. The Morgan fingerprint density at radius 1 is 0.896 bits per heavy atom. The lowest BCUT2D eigenvalue weighted by Crippen LogP contribution is -2.48. The number of esters is 1. The Balaban J connectivity index is 0.000000140. The summed E-state index contributed by atoms with van der Waals surface area (Å²) < 4.78 is 11.1. The number of carbonyl (C=O) groups excluding carboxylic acids is 1. The third-order valence-corrected chi connectivity index (χ3v) is 13.8. The first-order chi connectivity index (χ1) is 23.0. The van der Waals surface area contributed by atoms with E-state index in [1.165, 1.54) is 26.0 Å². The maximum Gasteiger partial charge on any atom is 0.345 e. The largest absolute Gasteiger partial charge is 0.423 e. The summed E-state index contributed by atoms with van der Waals surface area (Å²) >= 11 is 6.83. The number of hydrogen-bond acceptors (Lipinski definition) is 10. The smallest absolute Gasteiger partial charge is 0.345 e. The molecule has 0 radical (unpaired) electrons. The number of thiophene rings is 1. The van der Waals surface area contributed by atoms with Gasteiger partial charge >= 0.3 is 11.6 Å². The van der Waals surface area contributed by atoms with Crippen LogP contribution in [-0.2, 0) is 4.79 Å². The Kier molecular flexibility index (Phi) is 7.71. The highest BCUT2D eigenvalue weighted by Crippen LogP contribution is 2.65. The molecule has 4 atom stereocenters. The molecule has 0 amide bonds. The van der Waals surface area contributed by atoms with Crippen LogP contribution in [0.15, 0.2) is 96.3 Å². The highest BCUT2D eigenvalue weighted by Gasteiger charge is 2.59. The minimum absolute atomic E-state index is 0.0542. The number of thiazole rings is 1. The lowest BCUT2D eigenvalue weighted by molar-refractivity contribution is -0.131. The number of allylic oxidation sites excluding steroid dienone is 1. The molecule has 242 valence electrons. The van der Waals surface area contributed by atoms with Gasteiger partial charge in [0.15, 0.2) is 0 Å². The van der Waals surface area contributed by atoms with Crippen LogP contribution in [0.4, 0.5) is 0 Å². The van der Waals surface area contributed by atoms with E-state index in [1.54, 1.807) is 23.1 Å². The third kappa shape index (κ3) is 5.07. The van der Waals surface area contributed by atoms with Gasteiger partial charge in [0.2, 0.25) is 0 Å². The van der Waals surface area contributed by atoms with Crippen molar-refractivity contribution in [1.29, 1.82) is 0 Å². The van der Waals surface area contributed by atoms with Crippen molar-refractivity contribution in [2.75, 3.05) is 0 Å². The summed E-state index contributed by atoms with van der Waals surface area (Å²) in [5.41, 5.74) is 4.81. The fraction of sp³-hybridized carbons (Fsp3) is 0.263. The highest BCUT2D eigenvalue weighted by molar-refractivity contribution is 8.17. The maximum absolute atomic E-state index is 12.9. The zero-order valence-electron chi connectivity index (χ0n) is 27.2. The van der Waals surface area contributed by atoms with Crippen molar-refractivity contribution in [3.8, 4) is 27.4 Å². The summed E-state index contributed by atoms with van der Waals surface area (Å²) in [4.78, 5) is 40.7. The molecule has 2 aromatic carbocycles. The van der Waals surface area contributed by atoms with E-state index in [-0.39, 0.29) is 28.3 Å². The topological polar surface area (TPSA) is 81.8 Å². The number of rotatable bonds is 2. The van der Waals surface area contributed by atoms with Gasteiger partial charge in [-0.05, 0) is 70.7 Å². The number of nitrogens with zero attached hydrogens (tertiary/aromatic N) is 2. The molecule has 5 aromatic rings. The van der Waals surface area contributed by atoms with Gasteiger partial charge in [-0.15, -0.1) is 34.4 Å². The Bertz CT molecular complexity index is 2330. The summed E-state index contributed by atoms with van der Waals surface area (Å²) in [7, 11) is 0. The van der Waals surface area contributed by atoms with E-state index >= 15 is 0 Å². The van der Waals surface area contributed by atoms with E-state index in [0.29, 0.717) is 22.8 Å². The van der Waals surface area contributed by atoms with E-state index in [1.807, 2.05) is 74.1 Å². The first-order valence-corrected chi connectivity index (χ1v) is 19.0. The normalized spacial score (nSPS) is 23.8. The molecular weight excluding hydrogens is 677 g/mol. The van der Waals surface area contributed by atoms with E-state index in [4.69, 9.17) is 19.1 Å². The zero-order valence-corrected chi connectivity index (χ0v) is 30.5. The van der Waals surface area contributed by atoms with Crippen LogP contribution in [0.5, 0.6) is 5.75 Å². The van der Waals surface area contributed by atoms with Gasteiger partial charge < -0.3 is 9.15 Å². The van der Waals surface area contributed by atoms with Crippen LogP contribution in [0.1, 0.15) is 47.0 Å². The molecule has 6 heterocycles. The fourth-order valence-corrected chi connectivity index (χ4v) is 12.0. The molecule has 0 N–H and O–H groups in total. The number of carbonyl (C=O) groups is 1. The monoisotopic (exact) mass is 708 g/mol. The van der Waals surface area contributed by atoms with Gasteiger partial charge in [0.05, 0.1) is 37.8 Å². The van der Waals surface area contributed by atoms with Gasteiger partial charge in [0.1, 0.15) is 11.3 Å². The van der Waals surface area contributed by atoms with Gasteiger partial charge in [-0.25, -0.2) is 14.6 Å². The standard InChI is InChI=1S/C19H17NO2S2.C19H15NO2S2/c1-9-8-12-16-17(23-10(2)20-16)14-15(19(12,3)24-9)11-6-4-5-7-13(11)22-18(14)21;1-10-8-14(11(2)23-10)17-18(24-12(3)20-17)15-9-13-6-4-5-7-16(13)22-19(15)21/h4-8,12,15-16H,1-3H3;4-9H,1-3H3/t12?,15-,16?,19-;/m0./s1. The number of ether oxygens (including phenoxy) is 1. The SMILES string of the molecule is CC1=CC2C3N=C(C)SC3=C3C(=O)Oc4ccccc4[C@@H]3[C@@]2(C)S1.Cc1cc(-c2nc(C)sc2-c2cc3ccccc3oc2=O)c(C)s1. The van der Waals surface area contributed by atoms with Crippen LogP contribution in [0.2, 0.25) is 0 Å². The lowest BCUT2D eigenvalue weighted by atomic mass is 9.66. The zero-order chi connectivity index (χ0) is 33.5. The number of para-hydroxylation sites is 2. The van der Waals surface area contributed by atoms with Crippen molar-refractivity contribution >= 4 is 68.2 Å². The minimum Gasteiger partial charge on any atom is -0.423 e. The molecule has 0 saturated heterocycles. The van der Waals surface area contributed by atoms with Crippen LogP contribution in [0.25, 0.3) is 32.7 Å². The first kappa shape index (κ1) is 31.6. The number of aromatic nitrogens is 1. The minimum atomic E-state index is -0.316. The third-order valence-electron chi connectivity index (χ3n) is 9.34. The summed E-state index contributed by atoms with van der Waals surface area (Å²) in [6.45, 7) is 12.6. The molecule has 0 saturated carbocycles. The van der Waals surface area contributed by atoms with Crippen LogP contribution >= 0.6 is 46.2 Å². The molecule has 6 nitrogen and oxygen atoms in total. The second kappa shape index (κ2) is 11.7. The van der Waals surface area contributed by atoms with E-state index in [9.17, 15) is 9.59 Å². The van der Waals surface area contributed by atoms with Crippen molar-refractivity contribution in [3.63, 3.8) is 0 Å². The Morgan fingerprint density at radius 3 is 2.46 bits per heavy atom. The quantitative estimate of drug-likeness (QED) is 0.103. The maximum atomic E-state index is 12.9. The number of hydrogen-bond donors (Lipinski definition) is 0. The number of aliphatic imine (C=N–C) groups is 1. The summed E-state index contributed by atoms with van der Waals surface area (Å²) in [6, 6.07) is 19.7. The van der Waals surface area contributed by atoms with Crippen molar-refractivity contribution in [2.45, 2.75) is 58.2 Å². The van der Waals surface area contributed by atoms with Crippen LogP contribution < -0.4 is 10.4 Å². The second-order valence-corrected chi connectivity index (χ2v) is 18.3. The summed E-state index contributed by atoms with van der Waals surface area (Å²) in [5, 5.41) is 2.90. The Morgan fingerprint density at radius 2 is 1.67 bits per heavy atom. The van der Waals surface area contributed by atoms with Crippen molar-refractivity contribution in [1.82, 2.24) is 4.98 Å². The Hall–Kier alpha value is -3.70. The number of fused-ring (bicyclic) bond motifs is 8. The van der Waals surface area contributed by atoms with Crippen LogP contribution in [0.3, 0.4) is 0 Å². The summed E-state index contributed by atoms with van der Waals surface area (Å²) in [6.07, 6.45) is 2.36. The Labute approximate surface area is 295 Å². The first-order valence-electron chi connectivity index (χ1n) is 15.7. The van der Waals surface area contributed by atoms with Crippen LogP contribution in [-0.4, -0.2) is 26.8 Å². The number of aryl methyl sites for hydroxylation is 3. The van der Waals surface area contributed by atoms with E-state index in [0.717, 1.165) is 47.6 Å². The molecule has 1 aliphatic carbocycles. The molecular formula is C38H32N2O4S4. The molecule has 3 aromatic heterocycles. The predicted octanol–water partition coefficient (Wildman–Crippen LogP) is 10.1. The van der Waals surface area contributed by atoms with Gasteiger partial charge in [-0.2, -0.15) is 0 Å². The predicted molar refractivity (Wildman–Crippen MR) is 201 cm³/mol. The van der Waals surface area contributed by atoms with E-state index in [2.05, 4.69) is 45.9 Å². The molecule has 9 rings (SSSR count). The average molecular weight is 709 g/mol. The molecule has 3 aliphatic heterocycles. The molecule has 0 fully saturated rings. The summed E-state index contributed by atoms with van der Waals surface area (Å²) in [5.74, 6) is 0.885. The van der Waals surface area contributed by atoms with E-state index < -0.39 is 0 Å². The van der Waals surface area contributed by atoms with Crippen LogP contribution in [0, 0.1) is 26.7 Å². The highest BCUT2D eigenvalue weighted by atomic mass is 32.2. The van der Waals surface area contributed by atoms with Crippen molar-refractivity contribution < 1.29 is 13.9 Å². The van der Waals surface area contributed by atoms with Gasteiger partial charge in [-0.1, -0.05) is 54.2 Å². The number of benzene rings is 2. The second-order valence-electron chi connectivity index (χ2n) is 12.6. The molecule has 48 heavy (non-hydrogen) atoms. The van der Waals surface area contributed by atoms with Gasteiger partial charge in [0, 0.05) is 47.8 Å². The van der Waals surface area contributed by atoms with Gasteiger partial charge in [0.25, 0.3) is 0 Å². The number of thioether (sulfide) groups is 2. The molecule has 2 unspecified atom stereocenters. The molecule has 10 heteroatoms. The van der Waals surface area contributed by atoms with Gasteiger partial charge in [-0.3, -0.25) is 4.99 Å². The molecule has 0 spiro atoms. The van der Waals surface area contributed by atoms with Crippen molar-refractivity contribution in [3.05, 3.63) is 113 Å². The lowest BCUT2D eigenvalue weighted by Gasteiger charge is -2.47. The van der Waals surface area contributed by atoms with Crippen molar-refractivity contribution in [2.24, 2.45) is 10.9 Å².